The van der Waals surface area contributed by atoms with Crippen molar-refractivity contribution >= 4 is 50.5 Å². The molecule has 0 amide bonds. The molecule has 0 fully saturated rings. The van der Waals surface area contributed by atoms with Gasteiger partial charge in [-0.1, -0.05) is 11.6 Å². The highest BCUT2D eigenvalue weighted by molar-refractivity contribution is 7.20. The van der Waals surface area contributed by atoms with E-state index in [1.54, 1.807) is 6.92 Å². The molecular weight excluding hydrogens is 382 g/mol. The molecule has 0 saturated carbocycles. The van der Waals surface area contributed by atoms with E-state index in [1.165, 1.54) is 29.8 Å². The van der Waals surface area contributed by atoms with Crippen molar-refractivity contribution in [3.05, 3.63) is 48.0 Å². The molecule has 0 aliphatic rings. The minimum absolute atomic E-state index is 0.239. The van der Waals surface area contributed by atoms with Crippen LogP contribution in [0.2, 0.25) is 4.34 Å². The molecule has 0 aliphatic carbocycles. The van der Waals surface area contributed by atoms with Crippen LogP contribution in [-0.2, 0) is 17.8 Å². The van der Waals surface area contributed by atoms with E-state index in [-0.39, 0.29) is 5.56 Å². The molecule has 0 bridgehead atoms. The molecular formula is C16H16ClN3O3S2. The van der Waals surface area contributed by atoms with Crippen molar-refractivity contribution in [3.63, 3.8) is 0 Å². The second-order valence-corrected chi connectivity index (χ2v) is 8.42. The van der Waals surface area contributed by atoms with E-state index in [0.717, 1.165) is 9.21 Å². The first-order valence-corrected chi connectivity index (χ1v) is 9.43. The van der Waals surface area contributed by atoms with Gasteiger partial charge in [-0.3, -0.25) is 9.69 Å². The fourth-order valence-corrected chi connectivity index (χ4v) is 4.85. The lowest BCUT2D eigenvalue weighted by atomic mass is 10.2. The van der Waals surface area contributed by atoms with Gasteiger partial charge in [0, 0.05) is 11.4 Å². The van der Waals surface area contributed by atoms with Gasteiger partial charge in [0.05, 0.1) is 23.4 Å². The van der Waals surface area contributed by atoms with E-state index in [1.807, 2.05) is 24.1 Å². The summed E-state index contributed by atoms with van der Waals surface area (Å²) in [6.45, 7) is 2.91. The lowest BCUT2D eigenvalue weighted by Gasteiger charge is -2.14. The fourth-order valence-electron chi connectivity index (χ4n) is 2.57. The van der Waals surface area contributed by atoms with Gasteiger partial charge in [-0.2, -0.15) is 0 Å². The molecule has 25 heavy (non-hydrogen) atoms. The maximum Gasteiger partial charge on any atom is 0.348 e. The molecule has 0 spiro atoms. The first-order valence-electron chi connectivity index (χ1n) is 7.42. The average molecular weight is 398 g/mol. The number of methoxy groups -OCH3 is 1. The third-order valence-corrected chi connectivity index (χ3v) is 6.08. The lowest BCUT2D eigenvalue weighted by molar-refractivity contribution is 0.0605. The maximum absolute atomic E-state index is 12.4. The maximum atomic E-state index is 12.4. The van der Waals surface area contributed by atoms with E-state index in [4.69, 9.17) is 16.3 Å². The van der Waals surface area contributed by atoms with Crippen LogP contribution >= 0.6 is 34.3 Å². The molecule has 3 heterocycles. The number of aromatic amines is 1. The van der Waals surface area contributed by atoms with E-state index < -0.39 is 5.97 Å². The molecule has 6 nitrogen and oxygen atoms in total. The number of hydrogen-bond donors (Lipinski definition) is 1. The van der Waals surface area contributed by atoms with Crippen LogP contribution in [0.1, 0.15) is 25.9 Å². The summed E-state index contributed by atoms with van der Waals surface area (Å²) in [6.07, 6.45) is 0. The molecule has 0 saturated heterocycles. The van der Waals surface area contributed by atoms with Crippen LogP contribution < -0.4 is 5.56 Å². The quantitative estimate of drug-likeness (QED) is 0.667. The van der Waals surface area contributed by atoms with Gasteiger partial charge in [0.25, 0.3) is 5.56 Å². The molecule has 0 unspecified atom stereocenters. The van der Waals surface area contributed by atoms with Crippen molar-refractivity contribution in [3.8, 4) is 0 Å². The van der Waals surface area contributed by atoms with Gasteiger partial charge in [0.2, 0.25) is 0 Å². The zero-order valence-corrected chi connectivity index (χ0v) is 16.3. The Bertz CT molecular complexity index is 992. The Hall–Kier alpha value is -1.74. The molecule has 3 rings (SSSR count). The minimum atomic E-state index is -0.451. The predicted molar refractivity (Wildman–Crippen MR) is 101 cm³/mol. The number of thiophene rings is 2. The SMILES string of the molecule is COC(=O)c1sc2nc(CN(C)Cc3ccc(Cl)s3)[nH]c(=O)c2c1C. The molecule has 0 radical (unpaired) electrons. The van der Waals surface area contributed by atoms with Crippen LogP contribution in [0.4, 0.5) is 0 Å². The summed E-state index contributed by atoms with van der Waals surface area (Å²) in [7, 11) is 3.26. The number of H-pyrrole nitrogens is 1. The third-order valence-electron chi connectivity index (χ3n) is 3.69. The van der Waals surface area contributed by atoms with Gasteiger partial charge in [-0.25, -0.2) is 9.78 Å². The van der Waals surface area contributed by atoms with Crippen LogP contribution in [0.15, 0.2) is 16.9 Å². The Labute approximate surface area is 157 Å². The predicted octanol–water partition coefficient (Wildman–Crippen LogP) is 3.43. The fraction of sp³-hybridized carbons (Fsp3) is 0.312. The second-order valence-electron chi connectivity index (χ2n) is 5.62. The summed E-state index contributed by atoms with van der Waals surface area (Å²) in [4.78, 5) is 35.7. The number of nitrogens with one attached hydrogen (secondary N) is 1. The van der Waals surface area contributed by atoms with Gasteiger partial charge in [-0.15, -0.1) is 22.7 Å². The number of ether oxygens (including phenoxy) is 1. The topological polar surface area (TPSA) is 75.3 Å². The van der Waals surface area contributed by atoms with E-state index >= 15 is 0 Å². The van der Waals surface area contributed by atoms with Crippen molar-refractivity contribution in [2.24, 2.45) is 0 Å². The van der Waals surface area contributed by atoms with Crippen LogP contribution in [-0.4, -0.2) is 35.0 Å². The highest BCUT2D eigenvalue weighted by Crippen LogP contribution is 2.28. The first kappa shape index (κ1) is 18.1. The highest BCUT2D eigenvalue weighted by Gasteiger charge is 2.20. The molecule has 9 heteroatoms. The van der Waals surface area contributed by atoms with Crippen molar-refractivity contribution < 1.29 is 9.53 Å². The van der Waals surface area contributed by atoms with Gasteiger partial charge in [-0.05, 0) is 31.7 Å². The van der Waals surface area contributed by atoms with Crippen LogP contribution in [0.5, 0.6) is 0 Å². The van der Waals surface area contributed by atoms with E-state index in [9.17, 15) is 9.59 Å². The summed E-state index contributed by atoms with van der Waals surface area (Å²) in [5.74, 6) is 0.105. The Kier molecular flexibility index (Phi) is 5.24. The first-order chi connectivity index (χ1) is 11.9. The molecule has 132 valence electrons. The Balaban J connectivity index is 1.87. The normalized spacial score (nSPS) is 11.4. The summed E-state index contributed by atoms with van der Waals surface area (Å²) in [5.41, 5.74) is 0.366. The number of aromatic nitrogens is 2. The standard InChI is InChI=1S/C16H16ClN3O3S2/c1-8-12-14(21)18-11(19-15(12)25-13(8)16(22)23-3)7-20(2)6-9-4-5-10(17)24-9/h4-5H,6-7H2,1-3H3,(H,18,19,21). The minimum Gasteiger partial charge on any atom is -0.465 e. The van der Waals surface area contributed by atoms with Crippen molar-refractivity contribution in [1.82, 2.24) is 14.9 Å². The number of esters is 1. The largest absolute Gasteiger partial charge is 0.465 e. The number of carbonyl (C=O) groups excluding carboxylic acids is 1. The molecule has 3 aromatic rings. The van der Waals surface area contributed by atoms with Gasteiger partial charge < -0.3 is 9.72 Å². The van der Waals surface area contributed by atoms with Gasteiger partial charge >= 0.3 is 5.97 Å². The number of hydrogen-bond acceptors (Lipinski definition) is 7. The van der Waals surface area contributed by atoms with Crippen LogP contribution in [0.25, 0.3) is 10.2 Å². The smallest absolute Gasteiger partial charge is 0.348 e. The zero-order chi connectivity index (χ0) is 18.1. The second kappa shape index (κ2) is 7.25. The number of aryl methyl sites for hydroxylation is 1. The average Bonchev–Trinajstić information content (AvgIpc) is 3.10. The van der Waals surface area contributed by atoms with Crippen LogP contribution in [0, 0.1) is 6.92 Å². The summed E-state index contributed by atoms with van der Waals surface area (Å²) in [6, 6.07) is 3.85. The van der Waals surface area contributed by atoms with Crippen LogP contribution in [0.3, 0.4) is 0 Å². The number of halogens is 1. The summed E-state index contributed by atoms with van der Waals surface area (Å²) < 4.78 is 5.51. The number of carbonyl (C=O) groups is 1. The Morgan fingerprint density at radius 1 is 1.36 bits per heavy atom. The molecule has 3 aromatic heterocycles. The monoisotopic (exact) mass is 397 g/mol. The Morgan fingerprint density at radius 3 is 2.76 bits per heavy atom. The molecule has 1 N–H and O–H groups in total. The Morgan fingerprint density at radius 2 is 2.12 bits per heavy atom. The van der Waals surface area contributed by atoms with Crippen molar-refractivity contribution in [2.45, 2.75) is 20.0 Å². The lowest BCUT2D eigenvalue weighted by Crippen LogP contribution is -2.21. The van der Waals surface area contributed by atoms with Gasteiger partial charge in [0.1, 0.15) is 15.5 Å². The third kappa shape index (κ3) is 3.77. The summed E-state index contributed by atoms with van der Waals surface area (Å²) >= 11 is 8.65. The number of nitrogens with zero attached hydrogens (tertiary/aromatic N) is 2. The summed E-state index contributed by atoms with van der Waals surface area (Å²) in [5, 5.41) is 0.446. The highest BCUT2D eigenvalue weighted by atomic mass is 35.5. The molecule has 0 atom stereocenters. The van der Waals surface area contributed by atoms with Gasteiger partial charge in [0.15, 0.2) is 0 Å². The molecule has 0 aromatic carbocycles. The van der Waals surface area contributed by atoms with Crippen molar-refractivity contribution in [2.75, 3.05) is 14.2 Å². The number of fused-ring (bicyclic) bond motifs is 1. The zero-order valence-electron chi connectivity index (χ0n) is 13.9. The molecule has 0 aliphatic heterocycles. The van der Waals surface area contributed by atoms with E-state index in [0.29, 0.717) is 39.6 Å². The van der Waals surface area contributed by atoms with E-state index in [2.05, 4.69) is 9.97 Å². The number of rotatable bonds is 5. The van der Waals surface area contributed by atoms with Crippen molar-refractivity contribution in [1.29, 1.82) is 0 Å².